The number of benzene rings is 1. The van der Waals surface area contributed by atoms with Crippen molar-refractivity contribution in [3.8, 4) is 5.75 Å². The molecule has 0 radical (unpaired) electrons. The largest absolute Gasteiger partial charge is 0.491 e. The minimum absolute atomic E-state index is 0.285. The average Bonchev–Trinajstić information content (AvgIpc) is 2.36. The third kappa shape index (κ3) is 3.62. The van der Waals surface area contributed by atoms with Gasteiger partial charge < -0.3 is 19.5 Å². The molecular formula is C14H21NO3. The zero-order chi connectivity index (χ0) is 12.8. The van der Waals surface area contributed by atoms with Gasteiger partial charge in [0.1, 0.15) is 12.4 Å². The van der Waals surface area contributed by atoms with E-state index in [0.29, 0.717) is 13.2 Å². The van der Waals surface area contributed by atoms with Crippen molar-refractivity contribution in [2.45, 2.75) is 6.92 Å². The summed E-state index contributed by atoms with van der Waals surface area (Å²) in [5.74, 6) is 0.871. The maximum absolute atomic E-state index is 5.51. The van der Waals surface area contributed by atoms with Crippen LogP contribution in [-0.2, 0) is 9.47 Å². The minimum atomic E-state index is 0.285. The molecule has 1 saturated heterocycles. The topological polar surface area (TPSA) is 39.7 Å². The third-order valence-corrected chi connectivity index (χ3v) is 3.03. The number of hydrogen-bond donors (Lipinski definition) is 1. The van der Waals surface area contributed by atoms with Gasteiger partial charge in [0.15, 0.2) is 0 Å². The fraction of sp³-hybridized carbons (Fsp3) is 0.571. The summed E-state index contributed by atoms with van der Waals surface area (Å²) in [6, 6.07) is 8.01. The highest BCUT2D eigenvalue weighted by Gasteiger charge is 2.32. The van der Waals surface area contributed by atoms with Crippen LogP contribution in [0.4, 0.5) is 5.69 Å². The SMILES string of the molecule is COCCOc1ccc(NCC2(C)COC2)cc1. The Morgan fingerprint density at radius 1 is 1.22 bits per heavy atom. The van der Waals surface area contributed by atoms with Crippen molar-refractivity contribution >= 4 is 5.69 Å². The summed E-state index contributed by atoms with van der Waals surface area (Å²) in [4.78, 5) is 0. The highest BCUT2D eigenvalue weighted by Crippen LogP contribution is 2.27. The van der Waals surface area contributed by atoms with Crippen LogP contribution in [0.25, 0.3) is 0 Å². The predicted octanol–water partition coefficient (Wildman–Crippen LogP) is 2.16. The van der Waals surface area contributed by atoms with Gasteiger partial charge in [-0.1, -0.05) is 6.92 Å². The maximum Gasteiger partial charge on any atom is 0.119 e. The molecule has 0 amide bonds. The normalized spacial score (nSPS) is 17.0. The van der Waals surface area contributed by atoms with Crippen LogP contribution in [0.1, 0.15) is 6.92 Å². The van der Waals surface area contributed by atoms with E-state index < -0.39 is 0 Å². The summed E-state index contributed by atoms with van der Waals surface area (Å²) >= 11 is 0. The van der Waals surface area contributed by atoms with Crippen LogP contribution in [0.2, 0.25) is 0 Å². The molecule has 0 aromatic heterocycles. The first kappa shape index (κ1) is 13.2. The van der Waals surface area contributed by atoms with E-state index in [2.05, 4.69) is 12.2 Å². The first-order valence-corrected chi connectivity index (χ1v) is 6.25. The second-order valence-electron chi connectivity index (χ2n) is 5.02. The molecule has 1 aromatic carbocycles. The van der Waals surface area contributed by atoms with Crippen molar-refractivity contribution in [3.63, 3.8) is 0 Å². The Kier molecular flexibility index (Phi) is 4.44. The summed E-state index contributed by atoms with van der Waals surface area (Å²) in [6.07, 6.45) is 0. The molecule has 4 heteroatoms. The Labute approximate surface area is 108 Å². The van der Waals surface area contributed by atoms with Gasteiger partial charge in [-0.3, -0.25) is 0 Å². The minimum Gasteiger partial charge on any atom is -0.491 e. The number of rotatable bonds is 7. The van der Waals surface area contributed by atoms with E-state index >= 15 is 0 Å². The highest BCUT2D eigenvalue weighted by molar-refractivity contribution is 5.46. The summed E-state index contributed by atoms with van der Waals surface area (Å²) in [5, 5.41) is 3.42. The van der Waals surface area contributed by atoms with E-state index in [4.69, 9.17) is 14.2 Å². The van der Waals surface area contributed by atoms with Crippen LogP contribution in [0, 0.1) is 5.41 Å². The van der Waals surface area contributed by atoms with Crippen LogP contribution in [-0.4, -0.2) is 40.1 Å². The summed E-state index contributed by atoms with van der Waals surface area (Å²) in [5.41, 5.74) is 1.40. The second kappa shape index (κ2) is 6.07. The van der Waals surface area contributed by atoms with Gasteiger partial charge in [0, 0.05) is 24.8 Å². The van der Waals surface area contributed by atoms with Gasteiger partial charge >= 0.3 is 0 Å². The average molecular weight is 251 g/mol. The van der Waals surface area contributed by atoms with Crippen molar-refractivity contribution in [2.24, 2.45) is 5.41 Å². The molecule has 2 rings (SSSR count). The van der Waals surface area contributed by atoms with Gasteiger partial charge in [0.05, 0.1) is 19.8 Å². The van der Waals surface area contributed by atoms with Gasteiger partial charge in [-0.15, -0.1) is 0 Å². The van der Waals surface area contributed by atoms with Gasteiger partial charge in [-0.2, -0.15) is 0 Å². The van der Waals surface area contributed by atoms with E-state index in [-0.39, 0.29) is 5.41 Å². The summed E-state index contributed by atoms with van der Waals surface area (Å²) < 4.78 is 15.7. The van der Waals surface area contributed by atoms with Crippen molar-refractivity contribution in [3.05, 3.63) is 24.3 Å². The predicted molar refractivity (Wildman–Crippen MR) is 71.2 cm³/mol. The molecule has 0 bridgehead atoms. The second-order valence-corrected chi connectivity index (χ2v) is 5.02. The lowest BCUT2D eigenvalue weighted by atomic mass is 9.89. The highest BCUT2D eigenvalue weighted by atomic mass is 16.5. The fourth-order valence-electron chi connectivity index (χ4n) is 1.78. The standard InChI is InChI=1S/C14H21NO3/c1-14(10-17-11-14)9-15-12-3-5-13(6-4-12)18-8-7-16-2/h3-6,15H,7-11H2,1-2H3. The van der Waals surface area contributed by atoms with Crippen LogP contribution in [0.3, 0.4) is 0 Å². The smallest absolute Gasteiger partial charge is 0.119 e. The van der Waals surface area contributed by atoms with Gasteiger partial charge in [0.2, 0.25) is 0 Å². The molecule has 1 aliphatic rings. The molecule has 0 unspecified atom stereocenters. The molecule has 18 heavy (non-hydrogen) atoms. The summed E-state index contributed by atoms with van der Waals surface area (Å²) in [7, 11) is 1.67. The lowest BCUT2D eigenvalue weighted by Gasteiger charge is -2.38. The monoisotopic (exact) mass is 251 g/mol. The third-order valence-electron chi connectivity index (χ3n) is 3.03. The van der Waals surface area contributed by atoms with Crippen molar-refractivity contribution in [1.82, 2.24) is 0 Å². The first-order valence-electron chi connectivity index (χ1n) is 6.25. The molecule has 0 spiro atoms. The zero-order valence-corrected chi connectivity index (χ0v) is 11.1. The lowest BCUT2D eigenvalue weighted by Crippen LogP contribution is -2.45. The molecule has 1 fully saturated rings. The lowest BCUT2D eigenvalue weighted by molar-refractivity contribution is -0.0924. The molecule has 0 atom stereocenters. The van der Waals surface area contributed by atoms with Gasteiger partial charge in [-0.25, -0.2) is 0 Å². The Morgan fingerprint density at radius 3 is 2.50 bits per heavy atom. The van der Waals surface area contributed by atoms with E-state index in [1.54, 1.807) is 7.11 Å². The Bertz CT molecular complexity index is 360. The quantitative estimate of drug-likeness (QED) is 0.754. The zero-order valence-electron chi connectivity index (χ0n) is 11.1. The molecule has 1 heterocycles. The Balaban J connectivity index is 1.76. The number of hydrogen-bond acceptors (Lipinski definition) is 4. The molecule has 0 saturated carbocycles. The van der Waals surface area contributed by atoms with E-state index in [9.17, 15) is 0 Å². The molecule has 1 N–H and O–H groups in total. The van der Waals surface area contributed by atoms with Gasteiger partial charge in [-0.05, 0) is 24.3 Å². The summed E-state index contributed by atoms with van der Waals surface area (Å²) in [6.45, 7) is 6.05. The molecule has 1 aliphatic heterocycles. The van der Waals surface area contributed by atoms with Crippen molar-refractivity contribution in [2.75, 3.05) is 45.4 Å². The van der Waals surface area contributed by atoms with Crippen LogP contribution in [0.15, 0.2) is 24.3 Å². The van der Waals surface area contributed by atoms with E-state index in [1.165, 1.54) is 0 Å². The number of anilines is 1. The molecule has 4 nitrogen and oxygen atoms in total. The maximum atomic E-state index is 5.51. The Hall–Kier alpha value is -1.26. The number of ether oxygens (including phenoxy) is 3. The molecular weight excluding hydrogens is 230 g/mol. The first-order chi connectivity index (χ1) is 8.72. The van der Waals surface area contributed by atoms with Crippen molar-refractivity contribution < 1.29 is 14.2 Å². The van der Waals surface area contributed by atoms with E-state index in [0.717, 1.165) is 31.2 Å². The fourth-order valence-corrected chi connectivity index (χ4v) is 1.78. The van der Waals surface area contributed by atoms with Crippen molar-refractivity contribution in [1.29, 1.82) is 0 Å². The van der Waals surface area contributed by atoms with Crippen LogP contribution >= 0.6 is 0 Å². The molecule has 1 aromatic rings. The number of nitrogens with one attached hydrogen (secondary N) is 1. The van der Waals surface area contributed by atoms with Crippen LogP contribution < -0.4 is 10.1 Å². The van der Waals surface area contributed by atoms with E-state index in [1.807, 2.05) is 24.3 Å². The molecule has 0 aliphatic carbocycles. The number of methoxy groups -OCH3 is 1. The van der Waals surface area contributed by atoms with Crippen LogP contribution in [0.5, 0.6) is 5.75 Å². The van der Waals surface area contributed by atoms with Gasteiger partial charge in [0.25, 0.3) is 0 Å². The Morgan fingerprint density at radius 2 is 1.94 bits per heavy atom. The molecule has 100 valence electrons.